The number of unbranched alkanes of at least 4 members (excludes halogenated alkanes) is 3. The number of rotatable bonds is 12. The molecule has 11 heteroatoms. The molecule has 0 saturated carbocycles. The number of hydrogen-bond donors (Lipinski definition) is 3. The van der Waals surface area contributed by atoms with Crippen LogP contribution in [0.2, 0.25) is 0 Å². The number of aromatic nitrogens is 3. The lowest BCUT2D eigenvalue weighted by Gasteiger charge is -2.33. The Labute approximate surface area is 222 Å². The molecule has 1 spiro atoms. The molecule has 3 fully saturated rings. The van der Waals surface area contributed by atoms with E-state index < -0.39 is 29.1 Å². The Kier molecular flexibility index (Phi) is 7.41. The third kappa shape index (κ3) is 4.35. The van der Waals surface area contributed by atoms with Gasteiger partial charge in [0.05, 0.1) is 23.0 Å². The average molecular weight is 527 g/mol. The topological polar surface area (TPSA) is 139 Å². The van der Waals surface area contributed by atoms with Crippen LogP contribution in [-0.2, 0) is 25.8 Å². The fraction of sp³-hybridized carbons (Fsp3) is 0.667. The van der Waals surface area contributed by atoms with Crippen LogP contribution in [0.15, 0.2) is 24.3 Å². The van der Waals surface area contributed by atoms with Gasteiger partial charge in [-0.2, -0.15) is 0 Å². The number of carbonyl (C=O) groups is 3. The maximum Gasteiger partial charge on any atom is 0.247 e. The molecule has 0 radical (unpaired) electrons. The summed E-state index contributed by atoms with van der Waals surface area (Å²) in [6.45, 7) is 5.06. The van der Waals surface area contributed by atoms with Gasteiger partial charge in [0, 0.05) is 19.7 Å². The first-order valence-electron chi connectivity index (χ1n) is 13.8. The van der Waals surface area contributed by atoms with E-state index in [9.17, 15) is 14.4 Å². The van der Waals surface area contributed by atoms with Crippen LogP contribution < -0.4 is 10.6 Å². The molecule has 206 valence electrons. The zero-order chi connectivity index (χ0) is 26.9. The quantitative estimate of drug-likeness (QED) is 0.355. The minimum absolute atomic E-state index is 0.104. The summed E-state index contributed by atoms with van der Waals surface area (Å²) in [6, 6.07) is 6.67. The van der Waals surface area contributed by atoms with Crippen molar-refractivity contribution in [3.05, 3.63) is 24.3 Å². The zero-order valence-electron chi connectivity index (χ0n) is 22.2. The normalized spacial score (nSPS) is 29.7. The molecular formula is C27H38N6O5. The summed E-state index contributed by atoms with van der Waals surface area (Å²) in [6.07, 6.45) is 5.04. The third-order valence-corrected chi connectivity index (χ3v) is 8.49. The van der Waals surface area contributed by atoms with Crippen molar-refractivity contribution in [3.63, 3.8) is 0 Å². The number of ether oxygens (including phenoxy) is 1. The molecule has 4 heterocycles. The van der Waals surface area contributed by atoms with Gasteiger partial charge in [0.25, 0.3) is 0 Å². The Morgan fingerprint density at radius 3 is 2.71 bits per heavy atom. The molecule has 0 aliphatic carbocycles. The number of para-hydroxylation sites is 1. The summed E-state index contributed by atoms with van der Waals surface area (Å²) in [5.41, 5.74) is -0.302. The number of aliphatic hydroxyl groups is 1. The number of likely N-dealkylation sites (tertiary alicyclic amines) is 1. The van der Waals surface area contributed by atoms with Crippen LogP contribution in [0, 0.1) is 11.8 Å². The minimum atomic E-state index is -1.04. The van der Waals surface area contributed by atoms with E-state index in [-0.39, 0.29) is 31.0 Å². The average Bonchev–Trinajstić information content (AvgIpc) is 3.61. The Hall–Kier alpha value is -3.05. The van der Waals surface area contributed by atoms with Crippen LogP contribution in [0.25, 0.3) is 11.0 Å². The second-order valence-corrected chi connectivity index (χ2v) is 11.0. The van der Waals surface area contributed by atoms with Crippen LogP contribution in [0.5, 0.6) is 0 Å². The summed E-state index contributed by atoms with van der Waals surface area (Å²) in [5, 5.41) is 23.4. The second-order valence-electron chi connectivity index (χ2n) is 11.0. The number of hydrogen-bond acceptors (Lipinski definition) is 7. The standard InChI is InChI=1S/C27H38N6O5/c1-3-14-28-23(35)20-21-25(37)32(15-8-4-5-9-16-34)22(27(21)13-12-26(20,2)38-27)24(36)29-17-33-19-11-7-6-10-18(19)30-31-33/h6-7,10-11,20-22,34H,3-5,8-9,12-17H2,1-2H3,(H,28,35)(H,29,36)/t20-,21-,22?,26+,27?/m0/s1. The molecule has 1 aromatic heterocycles. The van der Waals surface area contributed by atoms with E-state index in [4.69, 9.17) is 9.84 Å². The van der Waals surface area contributed by atoms with Crippen molar-refractivity contribution in [1.29, 1.82) is 0 Å². The Balaban J connectivity index is 1.40. The highest BCUT2D eigenvalue weighted by atomic mass is 16.5. The number of aliphatic hydroxyl groups excluding tert-OH is 1. The van der Waals surface area contributed by atoms with Gasteiger partial charge in [-0.15, -0.1) is 5.10 Å². The van der Waals surface area contributed by atoms with Crippen LogP contribution in [0.1, 0.15) is 58.8 Å². The number of benzene rings is 1. The Bertz CT molecular complexity index is 1200. The smallest absolute Gasteiger partial charge is 0.247 e. The molecule has 11 nitrogen and oxygen atoms in total. The predicted molar refractivity (Wildman–Crippen MR) is 138 cm³/mol. The van der Waals surface area contributed by atoms with Gasteiger partial charge in [0.1, 0.15) is 23.8 Å². The second kappa shape index (κ2) is 10.6. The molecule has 5 rings (SSSR count). The van der Waals surface area contributed by atoms with Crippen LogP contribution in [-0.4, -0.2) is 79.7 Å². The van der Waals surface area contributed by atoms with Gasteiger partial charge in [0.2, 0.25) is 17.7 Å². The molecule has 2 unspecified atom stereocenters. The highest BCUT2D eigenvalue weighted by Crippen LogP contribution is 2.63. The number of nitrogens with one attached hydrogen (secondary N) is 2. The molecule has 3 aliphatic rings. The molecule has 3 aliphatic heterocycles. The van der Waals surface area contributed by atoms with Crippen molar-refractivity contribution in [2.75, 3.05) is 19.7 Å². The van der Waals surface area contributed by atoms with Crippen LogP contribution in [0.4, 0.5) is 0 Å². The van der Waals surface area contributed by atoms with Crippen molar-refractivity contribution in [2.24, 2.45) is 11.8 Å². The van der Waals surface area contributed by atoms with E-state index in [2.05, 4.69) is 20.9 Å². The van der Waals surface area contributed by atoms with Gasteiger partial charge >= 0.3 is 0 Å². The number of fused-ring (bicyclic) bond motifs is 2. The van der Waals surface area contributed by atoms with Gasteiger partial charge in [-0.25, -0.2) is 4.68 Å². The van der Waals surface area contributed by atoms with E-state index in [0.29, 0.717) is 38.8 Å². The van der Waals surface area contributed by atoms with Gasteiger partial charge in [-0.3, -0.25) is 14.4 Å². The van der Waals surface area contributed by atoms with E-state index in [1.807, 2.05) is 38.1 Å². The van der Waals surface area contributed by atoms with Crippen LogP contribution >= 0.6 is 0 Å². The van der Waals surface area contributed by atoms with Crippen molar-refractivity contribution in [1.82, 2.24) is 30.5 Å². The van der Waals surface area contributed by atoms with E-state index in [1.165, 1.54) is 0 Å². The van der Waals surface area contributed by atoms with Gasteiger partial charge < -0.3 is 25.4 Å². The summed E-state index contributed by atoms with van der Waals surface area (Å²) in [7, 11) is 0. The Morgan fingerprint density at radius 2 is 1.92 bits per heavy atom. The predicted octanol–water partition coefficient (Wildman–Crippen LogP) is 1.35. The van der Waals surface area contributed by atoms with Gasteiger partial charge in [-0.1, -0.05) is 37.1 Å². The van der Waals surface area contributed by atoms with Crippen molar-refractivity contribution in [3.8, 4) is 0 Å². The lowest BCUT2D eigenvalue weighted by Crippen LogP contribution is -2.55. The van der Waals surface area contributed by atoms with E-state index in [1.54, 1.807) is 9.58 Å². The van der Waals surface area contributed by atoms with E-state index in [0.717, 1.165) is 30.3 Å². The monoisotopic (exact) mass is 526 g/mol. The fourth-order valence-corrected chi connectivity index (χ4v) is 6.76. The molecule has 38 heavy (non-hydrogen) atoms. The number of carbonyl (C=O) groups excluding carboxylic acids is 3. The third-order valence-electron chi connectivity index (χ3n) is 8.49. The summed E-state index contributed by atoms with van der Waals surface area (Å²) >= 11 is 0. The molecule has 3 N–H and O–H groups in total. The van der Waals surface area contributed by atoms with Crippen molar-refractivity contribution >= 4 is 28.8 Å². The first-order chi connectivity index (χ1) is 18.4. The lowest BCUT2D eigenvalue weighted by atomic mass is 9.66. The van der Waals surface area contributed by atoms with Gasteiger partial charge in [0.15, 0.2) is 0 Å². The lowest BCUT2D eigenvalue weighted by molar-refractivity contribution is -0.146. The molecule has 5 atom stereocenters. The van der Waals surface area contributed by atoms with Gasteiger partial charge in [-0.05, 0) is 51.2 Å². The molecular weight excluding hydrogens is 488 g/mol. The number of amides is 3. The summed E-state index contributed by atoms with van der Waals surface area (Å²) in [5.74, 6) is -2.00. The first kappa shape index (κ1) is 26.6. The molecule has 3 amide bonds. The molecule has 2 bridgehead atoms. The number of nitrogens with zero attached hydrogens (tertiary/aromatic N) is 4. The zero-order valence-corrected chi connectivity index (χ0v) is 22.2. The van der Waals surface area contributed by atoms with Crippen molar-refractivity contribution < 1.29 is 24.2 Å². The minimum Gasteiger partial charge on any atom is -0.396 e. The first-order valence-corrected chi connectivity index (χ1v) is 13.8. The molecule has 2 aromatic rings. The maximum absolute atomic E-state index is 14.0. The summed E-state index contributed by atoms with van der Waals surface area (Å²) < 4.78 is 8.24. The summed E-state index contributed by atoms with van der Waals surface area (Å²) in [4.78, 5) is 42.8. The van der Waals surface area contributed by atoms with Crippen molar-refractivity contribution in [2.45, 2.75) is 82.7 Å². The molecule has 1 aromatic carbocycles. The molecule has 3 saturated heterocycles. The fourth-order valence-electron chi connectivity index (χ4n) is 6.76. The largest absolute Gasteiger partial charge is 0.396 e. The highest BCUT2D eigenvalue weighted by Gasteiger charge is 2.77. The highest BCUT2D eigenvalue weighted by molar-refractivity contribution is 5.99. The maximum atomic E-state index is 14.0. The van der Waals surface area contributed by atoms with E-state index >= 15 is 0 Å². The Morgan fingerprint density at radius 1 is 1.13 bits per heavy atom. The van der Waals surface area contributed by atoms with Crippen LogP contribution in [0.3, 0.4) is 0 Å². The SMILES string of the molecule is CCCNC(=O)[C@@H]1[C@H]2C(=O)N(CCCCCCO)C(C(=O)NCn3nnc4ccccc43)C23CC[C@@]1(C)O3.